The minimum absolute atomic E-state index is 0.0113. The van der Waals surface area contributed by atoms with Gasteiger partial charge in [-0.05, 0) is 24.5 Å². The van der Waals surface area contributed by atoms with Gasteiger partial charge in [0.1, 0.15) is 0 Å². The summed E-state index contributed by atoms with van der Waals surface area (Å²) in [6.07, 6.45) is 1.19. The van der Waals surface area contributed by atoms with Gasteiger partial charge in [0.25, 0.3) is 0 Å². The van der Waals surface area contributed by atoms with Gasteiger partial charge in [0.05, 0.1) is 24.7 Å². The molecule has 2 atom stereocenters. The van der Waals surface area contributed by atoms with Gasteiger partial charge < -0.3 is 9.84 Å². The Bertz CT molecular complexity index is 380. The minimum Gasteiger partial charge on any atom is -0.469 e. The van der Waals surface area contributed by atoms with Crippen LogP contribution in [0.25, 0.3) is 0 Å². The van der Waals surface area contributed by atoms with Crippen molar-refractivity contribution in [2.45, 2.75) is 31.4 Å². The fourth-order valence-corrected chi connectivity index (χ4v) is 2.27. The van der Waals surface area contributed by atoms with Gasteiger partial charge in [0.15, 0.2) is 0 Å². The van der Waals surface area contributed by atoms with Crippen LogP contribution in [-0.2, 0) is 9.53 Å². The second-order valence-corrected chi connectivity index (χ2v) is 5.35. The van der Waals surface area contributed by atoms with Crippen molar-refractivity contribution in [2.75, 3.05) is 12.9 Å². The summed E-state index contributed by atoms with van der Waals surface area (Å²) in [7, 11) is 1.32. The highest BCUT2D eigenvalue weighted by Crippen LogP contribution is 2.21. The molecular formula is C13H19NO3S. The molecule has 1 N–H and O–H groups in total. The number of carbonyl (C=O) groups is 1. The fraction of sp³-hybridized carbons (Fsp3) is 0.538. The number of aliphatic hydroxyl groups is 1. The van der Waals surface area contributed by atoms with Crippen LogP contribution in [0.3, 0.4) is 0 Å². The van der Waals surface area contributed by atoms with Crippen LogP contribution in [-0.4, -0.2) is 35.0 Å². The highest BCUT2D eigenvalue weighted by Gasteiger charge is 2.18. The molecule has 5 heteroatoms. The molecule has 1 aromatic rings. The predicted octanol–water partition coefficient (Wildman–Crippen LogP) is 2.04. The minimum atomic E-state index is -0.671. The molecule has 0 amide bonds. The van der Waals surface area contributed by atoms with E-state index in [-0.39, 0.29) is 18.3 Å². The number of aryl methyl sites for hydroxylation is 1. The Labute approximate surface area is 112 Å². The molecule has 0 saturated carbocycles. The SMILES string of the molecule is COC(=O)CC(O)C(C)CSc1ccc(C)cn1. The Hall–Kier alpha value is -1.07. The first-order chi connectivity index (χ1) is 8.52. The Kier molecular flexibility index (Phi) is 6.15. The van der Waals surface area contributed by atoms with Crippen molar-refractivity contribution in [1.29, 1.82) is 0 Å². The molecule has 0 aromatic carbocycles. The molecule has 0 spiro atoms. The molecule has 0 aliphatic carbocycles. The van der Waals surface area contributed by atoms with Crippen LogP contribution >= 0.6 is 11.8 Å². The molecule has 0 radical (unpaired) electrons. The number of ether oxygens (including phenoxy) is 1. The van der Waals surface area contributed by atoms with Gasteiger partial charge in [-0.2, -0.15) is 0 Å². The molecule has 0 fully saturated rings. The van der Waals surface area contributed by atoms with Gasteiger partial charge in [-0.15, -0.1) is 11.8 Å². The molecule has 100 valence electrons. The second kappa shape index (κ2) is 7.38. The third kappa shape index (κ3) is 5.06. The van der Waals surface area contributed by atoms with Crippen LogP contribution < -0.4 is 0 Å². The first kappa shape index (κ1) is 15.0. The summed E-state index contributed by atoms with van der Waals surface area (Å²) in [6.45, 7) is 3.90. The zero-order valence-electron chi connectivity index (χ0n) is 10.9. The average Bonchev–Trinajstić information content (AvgIpc) is 2.37. The quantitative estimate of drug-likeness (QED) is 0.632. The highest BCUT2D eigenvalue weighted by molar-refractivity contribution is 7.99. The monoisotopic (exact) mass is 269 g/mol. The first-order valence-electron chi connectivity index (χ1n) is 5.83. The number of methoxy groups -OCH3 is 1. The summed E-state index contributed by atoms with van der Waals surface area (Å²) in [5, 5.41) is 10.7. The van der Waals surface area contributed by atoms with E-state index in [4.69, 9.17) is 0 Å². The Balaban J connectivity index is 2.38. The number of carbonyl (C=O) groups excluding carboxylic acids is 1. The molecule has 1 aromatic heterocycles. The molecule has 2 unspecified atom stereocenters. The van der Waals surface area contributed by atoms with Gasteiger partial charge in [-0.3, -0.25) is 4.79 Å². The summed E-state index contributed by atoms with van der Waals surface area (Å²) in [6, 6.07) is 3.96. The van der Waals surface area contributed by atoms with Gasteiger partial charge in [0.2, 0.25) is 0 Å². The van der Waals surface area contributed by atoms with E-state index >= 15 is 0 Å². The van der Waals surface area contributed by atoms with Crippen molar-refractivity contribution in [3.8, 4) is 0 Å². The summed E-state index contributed by atoms with van der Waals surface area (Å²) >= 11 is 1.58. The normalized spacial score (nSPS) is 14.0. The third-order valence-electron chi connectivity index (χ3n) is 2.64. The lowest BCUT2D eigenvalue weighted by Crippen LogP contribution is -2.23. The van der Waals surface area contributed by atoms with Gasteiger partial charge in [-0.1, -0.05) is 13.0 Å². The molecule has 0 saturated heterocycles. The van der Waals surface area contributed by atoms with E-state index in [1.165, 1.54) is 7.11 Å². The van der Waals surface area contributed by atoms with Crippen LogP contribution in [0.5, 0.6) is 0 Å². The van der Waals surface area contributed by atoms with Crippen molar-refractivity contribution in [2.24, 2.45) is 5.92 Å². The van der Waals surface area contributed by atoms with Crippen LogP contribution in [0.15, 0.2) is 23.4 Å². The average molecular weight is 269 g/mol. The molecule has 0 bridgehead atoms. The largest absolute Gasteiger partial charge is 0.469 e. The topological polar surface area (TPSA) is 59.4 Å². The summed E-state index contributed by atoms with van der Waals surface area (Å²) in [4.78, 5) is 15.3. The lowest BCUT2D eigenvalue weighted by Gasteiger charge is -2.17. The van der Waals surface area contributed by atoms with E-state index < -0.39 is 6.10 Å². The van der Waals surface area contributed by atoms with E-state index in [1.807, 2.05) is 32.2 Å². The van der Waals surface area contributed by atoms with Crippen molar-refractivity contribution >= 4 is 17.7 Å². The summed E-state index contributed by atoms with van der Waals surface area (Å²) < 4.78 is 4.53. The van der Waals surface area contributed by atoms with E-state index in [9.17, 15) is 9.90 Å². The van der Waals surface area contributed by atoms with Crippen LogP contribution in [0.4, 0.5) is 0 Å². The van der Waals surface area contributed by atoms with E-state index in [1.54, 1.807) is 11.8 Å². The van der Waals surface area contributed by atoms with E-state index in [0.29, 0.717) is 5.75 Å². The van der Waals surface area contributed by atoms with Crippen molar-refractivity contribution in [1.82, 2.24) is 4.98 Å². The lowest BCUT2D eigenvalue weighted by molar-refractivity contribution is -0.143. The molecule has 4 nitrogen and oxygen atoms in total. The maximum absolute atomic E-state index is 11.0. The first-order valence-corrected chi connectivity index (χ1v) is 6.81. The maximum atomic E-state index is 11.0. The fourth-order valence-electron chi connectivity index (χ4n) is 1.32. The Morgan fingerprint density at radius 3 is 2.83 bits per heavy atom. The van der Waals surface area contributed by atoms with Crippen LogP contribution in [0.1, 0.15) is 18.9 Å². The summed E-state index contributed by atoms with van der Waals surface area (Å²) in [5.41, 5.74) is 1.12. The van der Waals surface area contributed by atoms with Crippen molar-refractivity contribution < 1.29 is 14.6 Å². The zero-order valence-corrected chi connectivity index (χ0v) is 11.7. The molecule has 0 aliphatic rings. The van der Waals surface area contributed by atoms with Crippen molar-refractivity contribution in [3.05, 3.63) is 23.9 Å². The molecule has 0 aliphatic heterocycles. The standard InChI is InChI=1S/C13H19NO3S/c1-9-4-5-12(14-7-9)18-8-10(2)11(15)6-13(16)17-3/h4-5,7,10-11,15H,6,8H2,1-3H3. The van der Waals surface area contributed by atoms with E-state index in [2.05, 4.69) is 9.72 Å². The number of hydrogen-bond acceptors (Lipinski definition) is 5. The number of pyridine rings is 1. The lowest BCUT2D eigenvalue weighted by atomic mass is 10.0. The molecule has 18 heavy (non-hydrogen) atoms. The number of nitrogens with zero attached hydrogens (tertiary/aromatic N) is 1. The van der Waals surface area contributed by atoms with Gasteiger partial charge in [0, 0.05) is 11.9 Å². The molecular weight excluding hydrogens is 250 g/mol. The van der Waals surface area contributed by atoms with Crippen LogP contribution in [0.2, 0.25) is 0 Å². The number of rotatable bonds is 6. The van der Waals surface area contributed by atoms with Crippen molar-refractivity contribution in [3.63, 3.8) is 0 Å². The smallest absolute Gasteiger partial charge is 0.308 e. The number of aromatic nitrogens is 1. The summed E-state index contributed by atoms with van der Waals surface area (Å²) in [5.74, 6) is 0.346. The van der Waals surface area contributed by atoms with Crippen LogP contribution in [0, 0.1) is 12.8 Å². The molecule has 1 rings (SSSR count). The number of thioether (sulfide) groups is 1. The zero-order chi connectivity index (χ0) is 13.5. The molecule has 1 heterocycles. The Morgan fingerprint density at radius 1 is 1.56 bits per heavy atom. The van der Waals surface area contributed by atoms with E-state index in [0.717, 1.165) is 10.6 Å². The number of aliphatic hydroxyl groups excluding tert-OH is 1. The van der Waals surface area contributed by atoms with Gasteiger partial charge in [-0.25, -0.2) is 4.98 Å². The number of esters is 1. The highest BCUT2D eigenvalue weighted by atomic mass is 32.2. The predicted molar refractivity (Wildman–Crippen MR) is 71.5 cm³/mol. The van der Waals surface area contributed by atoms with Gasteiger partial charge >= 0.3 is 5.97 Å². The Morgan fingerprint density at radius 2 is 2.28 bits per heavy atom. The number of hydrogen-bond donors (Lipinski definition) is 1. The second-order valence-electron chi connectivity index (χ2n) is 4.31. The maximum Gasteiger partial charge on any atom is 0.308 e. The third-order valence-corrected chi connectivity index (χ3v) is 3.87.